The maximum Gasteiger partial charge on any atom is 0.282 e. The molecule has 0 bridgehead atoms. The van der Waals surface area contributed by atoms with Crippen molar-refractivity contribution in [3.05, 3.63) is 89.5 Å². The van der Waals surface area contributed by atoms with Gasteiger partial charge in [-0.3, -0.25) is 9.78 Å². The quantitative estimate of drug-likeness (QED) is 0.561. The van der Waals surface area contributed by atoms with Crippen molar-refractivity contribution in [2.75, 3.05) is 7.11 Å². The standard InChI is InChI=1S/C21H16N4O2/c1-27-16-8-6-7-15(13-16)19-14-17(18-9-2-4-11-22-18)21(26)25(24-19)20-10-3-5-12-23-20/h2-14H,1H3. The summed E-state index contributed by atoms with van der Waals surface area (Å²) in [6.07, 6.45) is 3.29. The minimum atomic E-state index is -0.279. The molecular weight excluding hydrogens is 340 g/mol. The molecule has 0 atom stereocenters. The molecule has 0 N–H and O–H groups in total. The van der Waals surface area contributed by atoms with Gasteiger partial charge in [-0.25, -0.2) is 4.98 Å². The van der Waals surface area contributed by atoms with Gasteiger partial charge in [0.2, 0.25) is 0 Å². The van der Waals surface area contributed by atoms with E-state index in [2.05, 4.69) is 15.1 Å². The molecule has 132 valence electrons. The molecule has 0 fully saturated rings. The molecule has 6 heteroatoms. The van der Waals surface area contributed by atoms with E-state index in [1.165, 1.54) is 4.68 Å². The maximum absolute atomic E-state index is 13.1. The van der Waals surface area contributed by atoms with Crippen molar-refractivity contribution in [2.24, 2.45) is 0 Å². The van der Waals surface area contributed by atoms with Crippen molar-refractivity contribution in [2.45, 2.75) is 0 Å². The summed E-state index contributed by atoms with van der Waals surface area (Å²) in [6.45, 7) is 0. The van der Waals surface area contributed by atoms with Crippen molar-refractivity contribution in [3.63, 3.8) is 0 Å². The molecule has 4 rings (SSSR count). The summed E-state index contributed by atoms with van der Waals surface area (Å²) in [6, 6.07) is 20.1. The van der Waals surface area contributed by atoms with Crippen LogP contribution in [0.2, 0.25) is 0 Å². The van der Waals surface area contributed by atoms with Gasteiger partial charge in [0.15, 0.2) is 5.82 Å². The highest BCUT2D eigenvalue weighted by molar-refractivity contribution is 5.68. The SMILES string of the molecule is COc1cccc(-c2cc(-c3ccccn3)c(=O)n(-c3ccccn3)n2)c1. The minimum Gasteiger partial charge on any atom is -0.497 e. The predicted octanol–water partition coefficient (Wildman–Crippen LogP) is 3.37. The highest BCUT2D eigenvalue weighted by Gasteiger charge is 2.14. The number of pyridine rings is 2. The van der Waals surface area contributed by atoms with Gasteiger partial charge >= 0.3 is 0 Å². The van der Waals surface area contributed by atoms with Crippen LogP contribution in [0, 0.1) is 0 Å². The number of rotatable bonds is 4. The van der Waals surface area contributed by atoms with Crippen LogP contribution in [0.5, 0.6) is 5.75 Å². The minimum absolute atomic E-state index is 0.279. The van der Waals surface area contributed by atoms with Crippen LogP contribution in [-0.4, -0.2) is 26.9 Å². The van der Waals surface area contributed by atoms with Gasteiger partial charge in [-0.2, -0.15) is 9.78 Å². The van der Waals surface area contributed by atoms with Crippen LogP contribution < -0.4 is 10.3 Å². The largest absolute Gasteiger partial charge is 0.497 e. The average Bonchev–Trinajstić information content (AvgIpc) is 2.75. The van der Waals surface area contributed by atoms with Crippen LogP contribution in [0.4, 0.5) is 0 Å². The van der Waals surface area contributed by atoms with E-state index in [0.717, 1.165) is 5.56 Å². The topological polar surface area (TPSA) is 69.9 Å². The Labute approximate surface area is 155 Å². The third-order valence-electron chi connectivity index (χ3n) is 4.08. The van der Waals surface area contributed by atoms with E-state index in [-0.39, 0.29) is 5.56 Å². The summed E-state index contributed by atoms with van der Waals surface area (Å²) in [7, 11) is 1.61. The molecule has 6 nitrogen and oxygen atoms in total. The normalized spacial score (nSPS) is 10.6. The van der Waals surface area contributed by atoms with Gasteiger partial charge in [-0.15, -0.1) is 0 Å². The lowest BCUT2D eigenvalue weighted by Crippen LogP contribution is -2.24. The molecule has 0 amide bonds. The second-order valence-corrected chi connectivity index (χ2v) is 5.80. The van der Waals surface area contributed by atoms with Crippen molar-refractivity contribution in [3.8, 4) is 34.1 Å². The maximum atomic E-state index is 13.1. The van der Waals surface area contributed by atoms with E-state index in [0.29, 0.717) is 28.5 Å². The number of methoxy groups -OCH3 is 1. The zero-order valence-corrected chi connectivity index (χ0v) is 14.6. The lowest BCUT2D eigenvalue weighted by molar-refractivity contribution is 0.415. The first-order valence-electron chi connectivity index (χ1n) is 8.38. The summed E-state index contributed by atoms with van der Waals surface area (Å²) in [5.74, 6) is 1.16. The number of aromatic nitrogens is 4. The fourth-order valence-corrected chi connectivity index (χ4v) is 2.76. The van der Waals surface area contributed by atoms with Crippen molar-refractivity contribution in [1.82, 2.24) is 19.7 Å². The molecule has 0 aliphatic rings. The Balaban J connectivity index is 1.98. The lowest BCUT2D eigenvalue weighted by atomic mass is 10.1. The zero-order valence-electron chi connectivity index (χ0n) is 14.6. The van der Waals surface area contributed by atoms with Gasteiger partial charge in [0, 0.05) is 18.0 Å². The fourth-order valence-electron chi connectivity index (χ4n) is 2.76. The molecule has 0 saturated heterocycles. The highest BCUT2D eigenvalue weighted by Crippen LogP contribution is 2.24. The molecular formula is C21H16N4O2. The lowest BCUT2D eigenvalue weighted by Gasteiger charge is -2.10. The van der Waals surface area contributed by atoms with E-state index in [1.54, 1.807) is 43.8 Å². The number of hydrogen-bond donors (Lipinski definition) is 0. The van der Waals surface area contributed by atoms with Gasteiger partial charge in [-0.1, -0.05) is 24.3 Å². The van der Waals surface area contributed by atoms with Crippen molar-refractivity contribution in [1.29, 1.82) is 0 Å². The summed E-state index contributed by atoms with van der Waals surface area (Å²) in [5, 5.41) is 4.53. The molecule has 0 saturated carbocycles. The van der Waals surface area contributed by atoms with E-state index >= 15 is 0 Å². The van der Waals surface area contributed by atoms with E-state index < -0.39 is 0 Å². The molecule has 0 spiro atoms. The van der Waals surface area contributed by atoms with Crippen LogP contribution >= 0.6 is 0 Å². The Morgan fingerprint density at radius 3 is 2.37 bits per heavy atom. The van der Waals surface area contributed by atoms with Gasteiger partial charge < -0.3 is 4.74 Å². The van der Waals surface area contributed by atoms with Gasteiger partial charge in [0.25, 0.3) is 5.56 Å². The van der Waals surface area contributed by atoms with E-state index in [1.807, 2.05) is 42.5 Å². The molecule has 0 unspecified atom stereocenters. The van der Waals surface area contributed by atoms with Gasteiger partial charge in [0.05, 0.1) is 24.1 Å². The first kappa shape index (κ1) is 16.7. The van der Waals surface area contributed by atoms with Crippen LogP contribution in [0.25, 0.3) is 28.3 Å². The van der Waals surface area contributed by atoms with E-state index in [4.69, 9.17) is 4.74 Å². The number of ether oxygens (including phenoxy) is 1. The Bertz CT molecular complexity index is 1060. The monoisotopic (exact) mass is 356 g/mol. The Hall–Kier alpha value is -3.80. The molecule has 3 aromatic heterocycles. The molecule has 0 radical (unpaired) electrons. The number of hydrogen-bond acceptors (Lipinski definition) is 5. The molecule has 0 aliphatic heterocycles. The van der Waals surface area contributed by atoms with Crippen LogP contribution in [-0.2, 0) is 0 Å². The zero-order chi connectivity index (χ0) is 18.6. The smallest absolute Gasteiger partial charge is 0.282 e. The van der Waals surface area contributed by atoms with Crippen LogP contribution in [0.1, 0.15) is 0 Å². The molecule has 27 heavy (non-hydrogen) atoms. The first-order valence-corrected chi connectivity index (χ1v) is 8.38. The summed E-state index contributed by atoms with van der Waals surface area (Å²) in [5.41, 5.74) is 2.21. The summed E-state index contributed by atoms with van der Waals surface area (Å²) >= 11 is 0. The fraction of sp³-hybridized carbons (Fsp3) is 0.0476. The summed E-state index contributed by atoms with van der Waals surface area (Å²) in [4.78, 5) is 21.7. The third kappa shape index (κ3) is 3.32. The third-order valence-corrected chi connectivity index (χ3v) is 4.08. The first-order chi connectivity index (χ1) is 13.3. The van der Waals surface area contributed by atoms with Crippen molar-refractivity contribution < 1.29 is 4.74 Å². The van der Waals surface area contributed by atoms with Crippen molar-refractivity contribution >= 4 is 0 Å². The Morgan fingerprint density at radius 1 is 0.852 bits per heavy atom. The highest BCUT2D eigenvalue weighted by atomic mass is 16.5. The predicted molar refractivity (Wildman–Crippen MR) is 103 cm³/mol. The molecule has 3 heterocycles. The molecule has 1 aromatic carbocycles. The second kappa shape index (κ2) is 7.21. The average molecular weight is 356 g/mol. The Kier molecular flexibility index (Phi) is 4.45. The van der Waals surface area contributed by atoms with Crippen LogP contribution in [0.15, 0.2) is 83.9 Å². The Morgan fingerprint density at radius 2 is 1.67 bits per heavy atom. The number of nitrogens with zero attached hydrogens (tertiary/aromatic N) is 4. The number of benzene rings is 1. The summed E-state index contributed by atoms with van der Waals surface area (Å²) < 4.78 is 6.61. The molecule has 0 aliphatic carbocycles. The molecule has 4 aromatic rings. The van der Waals surface area contributed by atoms with Gasteiger partial charge in [0.1, 0.15) is 5.75 Å². The van der Waals surface area contributed by atoms with Gasteiger partial charge in [-0.05, 0) is 42.5 Å². The van der Waals surface area contributed by atoms with Crippen LogP contribution in [0.3, 0.4) is 0 Å². The second-order valence-electron chi connectivity index (χ2n) is 5.80. The van der Waals surface area contributed by atoms with E-state index in [9.17, 15) is 4.79 Å².